The van der Waals surface area contributed by atoms with E-state index in [1.165, 1.54) is 72.3 Å². The molecular weight excluding hydrogens is 751 g/mol. The maximum atomic E-state index is 6.21. The fraction of sp³-hybridized carbons (Fsp3) is 0.133. The molecule has 0 atom stereocenters. The molecule has 0 unspecified atom stereocenters. The molecule has 0 N–H and O–H groups in total. The van der Waals surface area contributed by atoms with E-state index in [2.05, 4.69) is 209 Å². The van der Waals surface area contributed by atoms with Crippen molar-refractivity contribution in [3.05, 3.63) is 216 Å². The Morgan fingerprint density at radius 2 is 0.919 bits per heavy atom. The van der Waals surface area contributed by atoms with Gasteiger partial charge in [0, 0.05) is 38.7 Å². The van der Waals surface area contributed by atoms with Crippen molar-refractivity contribution < 1.29 is 4.42 Å². The molecule has 0 amide bonds. The van der Waals surface area contributed by atoms with Gasteiger partial charge >= 0.3 is 0 Å². The minimum atomic E-state index is -0.156. The number of allylic oxidation sites excluding steroid dienone is 4. The SMILES string of the molecule is CC1(C)c2ccccc2-c2ccc(N(c3ccc(-c4ccc(-c5ccc6c(c5)oc5ccccc56)cc4)cc3)c3ccc4c(c3)C(C)(C)c3cc(C5=CCCC=C5)ccc3-4)cc21. The minimum absolute atomic E-state index is 0.107. The van der Waals surface area contributed by atoms with Crippen molar-refractivity contribution in [1.29, 1.82) is 0 Å². The molecule has 0 fully saturated rings. The van der Waals surface area contributed by atoms with Crippen LogP contribution < -0.4 is 4.90 Å². The molecule has 1 aromatic heterocycles. The van der Waals surface area contributed by atoms with Crippen LogP contribution in [0, 0.1) is 0 Å². The number of benzene rings is 8. The molecule has 3 aliphatic carbocycles. The van der Waals surface area contributed by atoms with Gasteiger partial charge in [-0.25, -0.2) is 0 Å². The Morgan fingerprint density at radius 3 is 1.61 bits per heavy atom. The van der Waals surface area contributed by atoms with Gasteiger partial charge in [0.05, 0.1) is 0 Å². The summed E-state index contributed by atoms with van der Waals surface area (Å²) >= 11 is 0. The molecule has 62 heavy (non-hydrogen) atoms. The molecule has 298 valence electrons. The average Bonchev–Trinajstić information content (AvgIpc) is 3.88. The first-order valence-electron chi connectivity index (χ1n) is 22.1. The molecule has 0 spiro atoms. The molecule has 8 aromatic carbocycles. The van der Waals surface area contributed by atoms with E-state index < -0.39 is 0 Å². The number of anilines is 3. The number of fused-ring (bicyclic) bond motifs is 9. The van der Waals surface area contributed by atoms with E-state index in [0.29, 0.717) is 0 Å². The summed E-state index contributed by atoms with van der Waals surface area (Å²) < 4.78 is 6.21. The monoisotopic (exact) mass is 797 g/mol. The zero-order chi connectivity index (χ0) is 41.7. The Kier molecular flexibility index (Phi) is 8.09. The number of rotatable bonds is 6. The highest BCUT2D eigenvalue weighted by atomic mass is 16.3. The molecule has 2 heteroatoms. The van der Waals surface area contributed by atoms with Crippen LogP contribution in [0.1, 0.15) is 68.4 Å². The Hall–Kier alpha value is -7.16. The van der Waals surface area contributed by atoms with Crippen LogP contribution in [0.25, 0.3) is 72.0 Å². The van der Waals surface area contributed by atoms with E-state index in [9.17, 15) is 0 Å². The molecule has 0 saturated carbocycles. The lowest BCUT2D eigenvalue weighted by molar-refractivity contribution is 0.660. The predicted octanol–water partition coefficient (Wildman–Crippen LogP) is 16.7. The first-order valence-corrected chi connectivity index (χ1v) is 22.1. The highest BCUT2D eigenvalue weighted by molar-refractivity contribution is 6.06. The molecule has 12 rings (SSSR count). The summed E-state index contributed by atoms with van der Waals surface area (Å²) in [5.74, 6) is 0. The number of hydrogen-bond donors (Lipinski definition) is 0. The number of hydrogen-bond acceptors (Lipinski definition) is 2. The number of furan rings is 1. The van der Waals surface area contributed by atoms with Crippen molar-refractivity contribution in [3.63, 3.8) is 0 Å². The Morgan fingerprint density at radius 1 is 0.403 bits per heavy atom. The van der Waals surface area contributed by atoms with Gasteiger partial charge in [0.25, 0.3) is 0 Å². The second-order valence-corrected chi connectivity index (χ2v) is 18.4. The van der Waals surface area contributed by atoms with E-state index in [1.807, 2.05) is 12.1 Å². The number of nitrogens with zero attached hydrogens (tertiary/aromatic N) is 1. The van der Waals surface area contributed by atoms with E-state index >= 15 is 0 Å². The van der Waals surface area contributed by atoms with Gasteiger partial charge < -0.3 is 9.32 Å². The van der Waals surface area contributed by atoms with Crippen LogP contribution in [0.3, 0.4) is 0 Å². The predicted molar refractivity (Wildman–Crippen MR) is 261 cm³/mol. The van der Waals surface area contributed by atoms with Gasteiger partial charge in [-0.05, 0) is 151 Å². The van der Waals surface area contributed by atoms with Gasteiger partial charge in [0.15, 0.2) is 0 Å². The van der Waals surface area contributed by atoms with Gasteiger partial charge in [-0.15, -0.1) is 0 Å². The van der Waals surface area contributed by atoms with Crippen LogP contribution >= 0.6 is 0 Å². The molecule has 0 saturated heterocycles. The summed E-state index contributed by atoms with van der Waals surface area (Å²) in [6, 6.07) is 63.1. The third-order valence-corrected chi connectivity index (χ3v) is 14.1. The van der Waals surface area contributed by atoms with E-state index in [-0.39, 0.29) is 10.8 Å². The minimum Gasteiger partial charge on any atom is -0.456 e. The maximum Gasteiger partial charge on any atom is 0.136 e. The van der Waals surface area contributed by atoms with Gasteiger partial charge in [-0.2, -0.15) is 0 Å². The van der Waals surface area contributed by atoms with Crippen LogP contribution in [-0.2, 0) is 10.8 Å². The normalized spacial score (nSPS) is 15.3. The highest BCUT2D eigenvalue weighted by Gasteiger charge is 2.38. The lowest BCUT2D eigenvalue weighted by atomic mass is 9.81. The van der Waals surface area contributed by atoms with Gasteiger partial charge in [-0.3, -0.25) is 0 Å². The third-order valence-electron chi connectivity index (χ3n) is 14.1. The van der Waals surface area contributed by atoms with E-state index in [4.69, 9.17) is 4.42 Å². The molecule has 3 aliphatic rings. The molecule has 0 bridgehead atoms. The lowest BCUT2D eigenvalue weighted by Crippen LogP contribution is -2.18. The van der Waals surface area contributed by atoms with Crippen molar-refractivity contribution >= 4 is 44.6 Å². The topological polar surface area (TPSA) is 16.4 Å². The quantitative estimate of drug-likeness (QED) is 0.167. The smallest absolute Gasteiger partial charge is 0.136 e. The molecule has 1 heterocycles. The molecule has 0 radical (unpaired) electrons. The van der Waals surface area contributed by atoms with Crippen molar-refractivity contribution in [3.8, 4) is 44.5 Å². The van der Waals surface area contributed by atoms with Gasteiger partial charge in [0.2, 0.25) is 0 Å². The largest absolute Gasteiger partial charge is 0.456 e. The summed E-state index contributed by atoms with van der Waals surface area (Å²) in [5, 5.41) is 2.30. The van der Waals surface area contributed by atoms with Crippen molar-refractivity contribution in [1.82, 2.24) is 0 Å². The second kappa shape index (κ2) is 13.7. The molecule has 2 nitrogen and oxygen atoms in total. The first-order chi connectivity index (χ1) is 30.2. The second-order valence-electron chi connectivity index (χ2n) is 18.4. The third kappa shape index (κ3) is 5.63. The summed E-state index contributed by atoms with van der Waals surface area (Å²) in [7, 11) is 0. The van der Waals surface area contributed by atoms with Crippen molar-refractivity contribution in [2.75, 3.05) is 4.90 Å². The van der Waals surface area contributed by atoms with Crippen LogP contribution in [0.2, 0.25) is 0 Å². The molecule has 9 aromatic rings. The fourth-order valence-corrected chi connectivity index (χ4v) is 10.7. The van der Waals surface area contributed by atoms with Crippen LogP contribution in [0.4, 0.5) is 17.1 Å². The van der Waals surface area contributed by atoms with Crippen LogP contribution in [0.15, 0.2) is 193 Å². The van der Waals surface area contributed by atoms with E-state index in [1.54, 1.807) is 0 Å². The van der Waals surface area contributed by atoms with E-state index in [0.717, 1.165) is 57.4 Å². The first kappa shape index (κ1) is 36.7. The zero-order valence-corrected chi connectivity index (χ0v) is 35.7. The molecule has 0 aliphatic heterocycles. The standard InChI is InChI=1S/C60H47NO/c1-59(2)53-16-10-8-14-47(53)49-32-28-45(36-55(49)59)61(46-29-33-50-48-30-24-42(38-12-6-5-7-13-38)34-54(48)60(3,4)56(50)37-46)44-26-22-40(23-27-44)39-18-20-41(21-19-39)43-25-31-52-51-15-9-11-17-57(51)62-58(52)35-43/h6,8-37H,5,7H2,1-4H3. The Labute approximate surface area is 364 Å². The summed E-state index contributed by atoms with van der Waals surface area (Å²) in [4.78, 5) is 2.46. The van der Waals surface area contributed by atoms with Crippen LogP contribution in [-0.4, -0.2) is 0 Å². The molecular formula is C60H47NO. The number of para-hydroxylation sites is 1. The summed E-state index contributed by atoms with van der Waals surface area (Å²) in [5.41, 5.74) is 23.2. The zero-order valence-electron chi connectivity index (χ0n) is 35.7. The Balaban J connectivity index is 0.918. The summed E-state index contributed by atoms with van der Waals surface area (Å²) in [6.45, 7) is 9.53. The van der Waals surface area contributed by atoms with Gasteiger partial charge in [0.1, 0.15) is 11.2 Å². The average molecular weight is 798 g/mol. The summed E-state index contributed by atoms with van der Waals surface area (Å²) in [6.07, 6.45) is 9.20. The fourth-order valence-electron chi connectivity index (χ4n) is 10.7. The maximum absolute atomic E-state index is 6.21. The lowest BCUT2D eigenvalue weighted by Gasteiger charge is -2.30. The van der Waals surface area contributed by atoms with Crippen LogP contribution in [0.5, 0.6) is 0 Å². The van der Waals surface area contributed by atoms with Crippen molar-refractivity contribution in [2.24, 2.45) is 0 Å². The van der Waals surface area contributed by atoms with Gasteiger partial charge in [-0.1, -0.05) is 155 Å². The van der Waals surface area contributed by atoms with Crippen molar-refractivity contribution in [2.45, 2.75) is 51.4 Å². The Bertz CT molecular complexity index is 3330. The highest BCUT2D eigenvalue weighted by Crippen LogP contribution is 2.53.